The zero-order valence-electron chi connectivity index (χ0n) is 17.5. The van der Waals surface area contributed by atoms with Gasteiger partial charge in [0.05, 0.1) is 11.9 Å². The molecule has 0 bridgehead atoms. The predicted octanol–water partition coefficient (Wildman–Crippen LogP) is 2.80. The summed E-state index contributed by atoms with van der Waals surface area (Å²) in [6.07, 6.45) is 0.992. The number of amides is 2. The van der Waals surface area contributed by atoms with Crippen molar-refractivity contribution in [2.45, 2.75) is 26.4 Å². The second-order valence-corrected chi connectivity index (χ2v) is 9.31. The first-order valence-electron chi connectivity index (χ1n) is 9.57. The van der Waals surface area contributed by atoms with Gasteiger partial charge in [-0.2, -0.15) is 0 Å². The molecule has 1 N–H and O–H groups in total. The standard InChI is InChI=1S/C21H25ClFN3O4S/c1-4-24-21(28)15(2)25(13-16-5-9-18(23)10-6-16)20(27)14-26(31(3,29)30)19-11-7-17(22)8-12-19/h5-12,15H,4,13-14H2,1-3H3,(H,24,28)/t15-/m1/s1. The van der Waals surface area contributed by atoms with E-state index < -0.39 is 34.3 Å². The summed E-state index contributed by atoms with van der Waals surface area (Å²) in [5, 5.41) is 3.08. The topological polar surface area (TPSA) is 86.8 Å². The number of hydrogen-bond acceptors (Lipinski definition) is 4. The maximum absolute atomic E-state index is 13.3. The molecule has 0 saturated heterocycles. The third kappa shape index (κ3) is 6.93. The first kappa shape index (κ1) is 24.6. The normalized spacial score (nSPS) is 12.2. The number of rotatable bonds is 9. The van der Waals surface area contributed by atoms with Crippen molar-refractivity contribution >= 4 is 39.1 Å². The quantitative estimate of drug-likeness (QED) is 0.611. The molecule has 0 aliphatic carbocycles. The van der Waals surface area contributed by atoms with Gasteiger partial charge in [0.25, 0.3) is 0 Å². The van der Waals surface area contributed by atoms with Crippen LogP contribution < -0.4 is 9.62 Å². The average molecular weight is 470 g/mol. The van der Waals surface area contributed by atoms with E-state index >= 15 is 0 Å². The molecular weight excluding hydrogens is 445 g/mol. The first-order valence-corrected chi connectivity index (χ1v) is 11.8. The fourth-order valence-electron chi connectivity index (χ4n) is 2.91. The Hall–Kier alpha value is -2.65. The zero-order valence-corrected chi connectivity index (χ0v) is 19.1. The number of nitrogens with one attached hydrogen (secondary N) is 1. The molecule has 2 aromatic carbocycles. The van der Waals surface area contributed by atoms with Gasteiger partial charge >= 0.3 is 0 Å². The lowest BCUT2D eigenvalue weighted by atomic mass is 10.1. The summed E-state index contributed by atoms with van der Waals surface area (Å²) in [6.45, 7) is 3.19. The second kappa shape index (κ2) is 10.6. The lowest BCUT2D eigenvalue weighted by Gasteiger charge is -2.31. The molecule has 10 heteroatoms. The van der Waals surface area contributed by atoms with Crippen LogP contribution in [0.25, 0.3) is 0 Å². The molecule has 0 heterocycles. The van der Waals surface area contributed by atoms with Crippen LogP contribution in [0.1, 0.15) is 19.4 Å². The number of hydrogen-bond donors (Lipinski definition) is 1. The third-order valence-corrected chi connectivity index (χ3v) is 5.97. The summed E-state index contributed by atoms with van der Waals surface area (Å²) in [5.74, 6) is -1.39. The molecule has 0 radical (unpaired) electrons. The van der Waals surface area contributed by atoms with Gasteiger partial charge in [-0.05, 0) is 55.8 Å². The molecule has 7 nitrogen and oxygen atoms in total. The van der Waals surface area contributed by atoms with Crippen LogP contribution in [0.5, 0.6) is 0 Å². The van der Waals surface area contributed by atoms with Crippen LogP contribution in [0.2, 0.25) is 5.02 Å². The van der Waals surface area contributed by atoms with Crippen LogP contribution >= 0.6 is 11.6 Å². The predicted molar refractivity (Wildman–Crippen MR) is 119 cm³/mol. The minimum absolute atomic E-state index is 0.00956. The molecule has 2 amide bonds. The number of carbonyl (C=O) groups is 2. The summed E-state index contributed by atoms with van der Waals surface area (Å²) in [5.41, 5.74) is 0.871. The van der Waals surface area contributed by atoms with E-state index in [1.54, 1.807) is 13.8 Å². The molecule has 168 valence electrons. The van der Waals surface area contributed by atoms with Crippen molar-refractivity contribution in [1.29, 1.82) is 0 Å². The van der Waals surface area contributed by atoms with Gasteiger partial charge < -0.3 is 10.2 Å². The summed E-state index contributed by atoms with van der Waals surface area (Å²) in [6, 6.07) is 10.7. The molecule has 2 aromatic rings. The smallest absolute Gasteiger partial charge is 0.244 e. The van der Waals surface area contributed by atoms with Crippen molar-refractivity contribution in [3.05, 3.63) is 64.9 Å². The lowest BCUT2D eigenvalue weighted by molar-refractivity contribution is -0.139. The van der Waals surface area contributed by atoms with Gasteiger partial charge in [0, 0.05) is 18.1 Å². The van der Waals surface area contributed by atoms with Gasteiger partial charge in [-0.1, -0.05) is 23.7 Å². The number of sulfonamides is 1. The van der Waals surface area contributed by atoms with Crippen LogP contribution in [0.15, 0.2) is 48.5 Å². The molecule has 0 aliphatic rings. The van der Waals surface area contributed by atoms with Crippen molar-refractivity contribution in [3.8, 4) is 0 Å². The minimum atomic E-state index is -3.80. The van der Waals surface area contributed by atoms with Crippen LogP contribution in [-0.2, 0) is 26.2 Å². The van der Waals surface area contributed by atoms with Crippen LogP contribution in [0, 0.1) is 5.82 Å². The molecular formula is C21H25ClFN3O4S. The summed E-state index contributed by atoms with van der Waals surface area (Å²) in [7, 11) is -3.80. The maximum Gasteiger partial charge on any atom is 0.244 e. The number of nitrogens with zero attached hydrogens (tertiary/aromatic N) is 2. The minimum Gasteiger partial charge on any atom is -0.355 e. The van der Waals surface area contributed by atoms with E-state index in [4.69, 9.17) is 11.6 Å². The highest BCUT2D eigenvalue weighted by molar-refractivity contribution is 7.92. The van der Waals surface area contributed by atoms with Crippen LogP contribution in [-0.4, -0.2) is 50.5 Å². The second-order valence-electron chi connectivity index (χ2n) is 6.96. The van der Waals surface area contributed by atoms with Gasteiger partial charge in [0.2, 0.25) is 21.8 Å². The number of carbonyl (C=O) groups excluding carboxylic acids is 2. The first-order chi connectivity index (χ1) is 14.5. The van der Waals surface area contributed by atoms with Crippen molar-refractivity contribution < 1.29 is 22.4 Å². The summed E-state index contributed by atoms with van der Waals surface area (Å²) < 4.78 is 39.0. The molecule has 2 rings (SSSR count). The van der Waals surface area contributed by atoms with E-state index in [-0.39, 0.29) is 18.1 Å². The average Bonchev–Trinajstić information content (AvgIpc) is 2.71. The van der Waals surface area contributed by atoms with Crippen LogP contribution in [0.4, 0.5) is 10.1 Å². The fraction of sp³-hybridized carbons (Fsp3) is 0.333. The molecule has 31 heavy (non-hydrogen) atoms. The highest BCUT2D eigenvalue weighted by atomic mass is 35.5. The van der Waals surface area contributed by atoms with E-state index in [1.807, 2.05) is 0 Å². The Bertz CT molecular complexity index is 1010. The van der Waals surface area contributed by atoms with Crippen molar-refractivity contribution in [1.82, 2.24) is 10.2 Å². The van der Waals surface area contributed by atoms with Crippen LogP contribution in [0.3, 0.4) is 0 Å². The maximum atomic E-state index is 13.3. The van der Waals surface area contributed by atoms with Gasteiger partial charge in [0.15, 0.2) is 0 Å². The number of benzene rings is 2. The third-order valence-electron chi connectivity index (χ3n) is 4.58. The number of halogens is 2. The van der Waals surface area contributed by atoms with Crippen molar-refractivity contribution in [2.75, 3.05) is 23.7 Å². The van der Waals surface area contributed by atoms with E-state index in [9.17, 15) is 22.4 Å². The van der Waals surface area contributed by atoms with E-state index in [1.165, 1.54) is 53.4 Å². The van der Waals surface area contributed by atoms with E-state index in [0.29, 0.717) is 17.1 Å². The Labute approximate surface area is 186 Å². The van der Waals surface area contributed by atoms with Gasteiger partial charge in [-0.3, -0.25) is 13.9 Å². The summed E-state index contributed by atoms with van der Waals surface area (Å²) in [4.78, 5) is 26.9. The lowest BCUT2D eigenvalue weighted by Crippen LogP contribution is -2.51. The highest BCUT2D eigenvalue weighted by Crippen LogP contribution is 2.21. The zero-order chi connectivity index (χ0) is 23.2. The largest absolute Gasteiger partial charge is 0.355 e. The Kier molecular flexibility index (Phi) is 8.41. The molecule has 0 spiro atoms. The number of likely N-dealkylation sites (N-methyl/N-ethyl adjacent to an activating group) is 1. The molecule has 0 fully saturated rings. The molecule has 0 aliphatic heterocycles. The van der Waals surface area contributed by atoms with E-state index in [0.717, 1.165) is 10.6 Å². The Morgan fingerprint density at radius 1 is 1.10 bits per heavy atom. The highest BCUT2D eigenvalue weighted by Gasteiger charge is 2.29. The monoisotopic (exact) mass is 469 g/mol. The Morgan fingerprint density at radius 3 is 2.19 bits per heavy atom. The van der Waals surface area contributed by atoms with Gasteiger partial charge in [-0.25, -0.2) is 12.8 Å². The Balaban J connectivity index is 2.35. The van der Waals surface area contributed by atoms with E-state index in [2.05, 4.69) is 5.32 Å². The van der Waals surface area contributed by atoms with Crippen molar-refractivity contribution in [3.63, 3.8) is 0 Å². The summed E-state index contributed by atoms with van der Waals surface area (Å²) >= 11 is 5.88. The Morgan fingerprint density at radius 2 is 1.68 bits per heavy atom. The molecule has 0 saturated carbocycles. The van der Waals surface area contributed by atoms with Crippen molar-refractivity contribution in [2.24, 2.45) is 0 Å². The number of anilines is 1. The van der Waals surface area contributed by atoms with Gasteiger partial charge in [0.1, 0.15) is 18.4 Å². The fourth-order valence-corrected chi connectivity index (χ4v) is 3.89. The molecule has 0 aromatic heterocycles. The van der Waals surface area contributed by atoms with Gasteiger partial charge in [-0.15, -0.1) is 0 Å². The molecule has 0 unspecified atom stereocenters. The SMILES string of the molecule is CCNC(=O)[C@@H](C)N(Cc1ccc(F)cc1)C(=O)CN(c1ccc(Cl)cc1)S(C)(=O)=O. The molecule has 1 atom stereocenters.